The summed E-state index contributed by atoms with van der Waals surface area (Å²) in [7, 11) is 1.99. The Morgan fingerprint density at radius 2 is 2.00 bits per heavy atom. The van der Waals surface area contributed by atoms with Crippen LogP contribution in [0.1, 0.15) is 12.5 Å². The molecule has 0 atom stereocenters. The third-order valence-corrected chi connectivity index (χ3v) is 3.42. The van der Waals surface area contributed by atoms with Crippen molar-refractivity contribution in [3.05, 3.63) is 29.8 Å². The highest BCUT2D eigenvalue weighted by Crippen LogP contribution is 2.10. The van der Waals surface area contributed by atoms with Gasteiger partial charge in [-0.1, -0.05) is 19.1 Å². The Hall–Kier alpha value is -1.10. The van der Waals surface area contributed by atoms with E-state index in [0.717, 1.165) is 25.2 Å². The van der Waals surface area contributed by atoms with E-state index in [1.807, 2.05) is 19.2 Å². The smallest absolute Gasteiger partial charge is 0.238 e. The number of rotatable bonds is 5. The lowest BCUT2D eigenvalue weighted by atomic mass is 10.1. The SMILES string of the molecule is CCc1ccc(NC(=O)CN(C)C2CNC2)cc1.Cl. The minimum atomic E-state index is 0. The Morgan fingerprint density at radius 3 is 2.47 bits per heavy atom. The third kappa shape index (κ3) is 4.49. The first-order valence-corrected chi connectivity index (χ1v) is 6.48. The van der Waals surface area contributed by atoms with Crippen LogP contribution in [0.2, 0.25) is 0 Å². The maximum absolute atomic E-state index is 11.8. The van der Waals surface area contributed by atoms with Gasteiger partial charge in [-0.3, -0.25) is 9.69 Å². The summed E-state index contributed by atoms with van der Waals surface area (Å²) in [6.45, 7) is 4.53. The number of carbonyl (C=O) groups is 1. The number of halogens is 1. The molecule has 0 saturated carbocycles. The van der Waals surface area contributed by atoms with Crippen LogP contribution in [0.3, 0.4) is 0 Å². The Kier molecular flexibility index (Phi) is 6.28. The average molecular weight is 284 g/mol. The molecule has 1 aromatic rings. The molecule has 0 radical (unpaired) electrons. The molecule has 1 fully saturated rings. The Balaban J connectivity index is 0.00000180. The van der Waals surface area contributed by atoms with Crippen LogP contribution in [0.25, 0.3) is 0 Å². The van der Waals surface area contributed by atoms with Crippen molar-refractivity contribution in [2.45, 2.75) is 19.4 Å². The van der Waals surface area contributed by atoms with Crippen molar-refractivity contribution in [2.75, 3.05) is 32.0 Å². The summed E-state index contributed by atoms with van der Waals surface area (Å²) in [5.41, 5.74) is 2.16. The van der Waals surface area contributed by atoms with Crippen molar-refractivity contribution in [3.63, 3.8) is 0 Å². The van der Waals surface area contributed by atoms with Gasteiger partial charge in [0.2, 0.25) is 5.91 Å². The maximum atomic E-state index is 11.8. The second-order valence-electron chi connectivity index (χ2n) is 4.83. The average Bonchev–Trinajstić information content (AvgIpc) is 2.27. The van der Waals surface area contributed by atoms with E-state index in [1.165, 1.54) is 5.56 Å². The van der Waals surface area contributed by atoms with Crippen LogP contribution in [0.15, 0.2) is 24.3 Å². The van der Waals surface area contributed by atoms with Gasteiger partial charge in [0, 0.05) is 24.8 Å². The molecule has 2 N–H and O–H groups in total. The van der Waals surface area contributed by atoms with Gasteiger partial charge in [-0.25, -0.2) is 0 Å². The molecular weight excluding hydrogens is 262 g/mol. The van der Waals surface area contributed by atoms with E-state index in [4.69, 9.17) is 0 Å². The Labute approximate surface area is 121 Å². The summed E-state index contributed by atoms with van der Waals surface area (Å²) in [6, 6.07) is 8.52. The first-order chi connectivity index (χ1) is 8.69. The number of amides is 1. The number of anilines is 1. The van der Waals surface area contributed by atoms with E-state index < -0.39 is 0 Å². The van der Waals surface area contributed by atoms with Gasteiger partial charge in [0.15, 0.2) is 0 Å². The van der Waals surface area contributed by atoms with Crippen molar-refractivity contribution in [1.82, 2.24) is 10.2 Å². The summed E-state index contributed by atoms with van der Waals surface area (Å²) in [6.07, 6.45) is 1.02. The van der Waals surface area contributed by atoms with Crippen molar-refractivity contribution < 1.29 is 4.79 Å². The molecule has 1 amide bonds. The minimum absolute atomic E-state index is 0. The molecule has 1 aromatic carbocycles. The van der Waals surface area contributed by atoms with E-state index >= 15 is 0 Å². The topological polar surface area (TPSA) is 44.4 Å². The van der Waals surface area contributed by atoms with Gasteiger partial charge in [-0.15, -0.1) is 12.4 Å². The predicted octanol–water partition coefficient (Wildman–Crippen LogP) is 1.51. The number of benzene rings is 1. The van der Waals surface area contributed by atoms with Gasteiger partial charge in [0.05, 0.1) is 6.54 Å². The van der Waals surface area contributed by atoms with Crippen LogP contribution >= 0.6 is 12.4 Å². The summed E-state index contributed by atoms with van der Waals surface area (Å²) >= 11 is 0. The van der Waals surface area contributed by atoms with Crippen molar-refractivity contribution >= 4 is 24.0 Å². The van der Waals surface area contributed by atoms with Gasteiger partial charge in [-0.2, -0.15) is 0 Å². The van der Waals surface area contributed by atoms with E-state index in [-0.39, 0.29) is 18.3 Å². The Morgan fingerprint density at radius 1 is 1.37 bits per heavy atom. The molecule has 0 unspecified atom stereocenters. The molecule has 4 nitrogen and oxygen atoms in total. The van der Waals surface area contributed by atoms with Gasteiger partial charge < -0.3 is 10.6 Å². The zero-order chi connectivity index (χ0) is 13.0. The summed E-state index contributed by atoms with van der Waals surface area (Å²) in [5, 5.41) is 6.13. The minimum Gasteiger partial charge on any atom is -0.325 e. The third-order valence-electron chi connectivity index (χ3n) is 3.42. The van der Waals surface area contributed by atoms with Crippen molar-refractivity contribution in [1.29, 1.82) is 0 Å². The molecule has 19 heavy (non-hydrogen) atoms. The highest BCUT2D eigenvalue weighted by Gasteiger charge is 2.22. The molecule has 1 aliphatic rings. The lowest BCUT2D eigenvalue weighted by Crippen LogP contribution is -2.57. The number of hydrogen-bond donors (Lipinski definition) is 2. The molecule has 0 spiro atoms. The predicted molar refractivity (Wildman–Crippen MR) is 81.0 cm³/mol. The van der Waals surface area contributed by atoms with Crippen LogP contribution in [-0.4, -0.2) is 43.5 Å². The number of aryl methyl sites for hydroxylation is 1. The molecule has 1 aliphatic heterocycles. The van der Waals surface area contributed by atoms with Gasteiger partial charge >= 0.3 is 0 Å². The van der Waals surface area contributed by atoms with Crippen molar-refractivity contribution in [3.8, 4) is 0 Å². The first-order valence-electron chi connectivity index (χ1n) is 6.48. The number of carbonyl (C=O) groups excluding carboxylic acids is 1. The second kappa shape index (κ2) is 7.48. The van der Waals surface area contributed by atoms with E-state index in [9.17, 15) is 4.79 Å². The van der Waals surface area contributed by atoms with Crippen LogP contribution < -0.4 is 10.6 Å². The van der Waals surface area contributed by atoms with Gasteiger partial charge in [-0.05, 0) is 31.2 Å². The van der Waals surface area contributed by atoms with E-state index in [2.05, 4.69) is 34.6 Å². The molecule has 0 bridgehead atoms. The highest BCUT2D eigenvalue weighted by molar-refractivity contribution is 5.92. The summed E-state index contributed by atoms with van der Waals surface area (Å²) in [5.74, 6) is 0.0497. The lowest BCUT2D eigenvalue weighted by molar-refractivity contribution is -0.117. The first kappa shape index (κ1) is 16.0. The van der Waals surface area contributed by atoms with Crippen LogP contribution in [-0.2, 0) is 11.2 Å². The molecule has 0 aliphatic carbocycles. The number of nitrogens with zero attached hydrogens (tertiary/aromatic N) is 1. The Bertz CT molecular complexity index is 404. The lowest BCUT2D eigenvalue weighted by Gasteiger charge is -2.35. The van der Waals surface area contributed by atoms with Gasteiger partial charge in [0.1, 0.15) is 0 Å². The largest absolute Gasteiger partial charge is 0.325 e. The van der Waals surface area contributed by atoms with Crippen LogP contribution in [0.5, 0.6) is 0 Å². The normalized spacial score (nSPS) is 14.7. The molecule has 0 aromatic heterocycles. The fraction of sp³-hybridized carbons (Fsp3) is 0.500. The second-order valence-corrected chi connectivity index (χ2v) is 4.83. The molecular formula is C14H22ClN3O. The standard InChI is InChI=1S/C14H21N3O.ClH/c1-3-11-4-6-12(7-5-11)16-14(18)10-17(2)13-8-15-9-13;/h4-7,13,15H,3,8-10H2,1-2H3,(H,16,18);1H. The molecule has 106 valence electrons. The van der Waals surface area contributed by atoms with Crippen molar-refractivity contribution in [2.24, 2.45) is 0 Å². The maximum Gasteiger partial charge on any atom is 0.238 e. The number of likely N-dealkylation sites (N-methyl/N-ethyl adjacent to an activating group) is 1. The summed E-state index contributed by atoms with van der Waals surface area (Å²) < 4.78 is 0. The highest BCUT2D eigenvalue weighted by atomic mass is 35.5. The number of nitrogens with one attached hydrogen (secondary N) is 2. The van der Waals surface area contributed by atoms with E-state index in [0.29, 0.717) is 12.6 Å². The number of hydrogen-bond acceptors (Lipinski definition) is 3. The molecule has 1 heterocycles. The molecule has 2 rings (SSSR count). The molecule has 5 heteroatoms. The quantitative estimate of drug-likeness (QED) is 0.861. The van der Waals surface area contributed by atoms with Gasteiger partial charge in [0.25, 0.3) is 0 Å². The van der Waals surface area contributed by atoms with E-state index in [1.54, 1.807) is 0 Å². The summed E-state index contributed by atoms with van der Waals surface area (Å²) in [4.78, 5) is 13.9. The fourth-order valence-electron chi connectivity index (χ4n) is 1.97. The van der Waals surface area contributed by atoms with Crippen LogP contribution in [0, 0.1) is 0 Å². The fourth-order valence-corrected chi connectivity index (χ4v) is 1.97. The van der Waals surface area contributed by atoms with Crippen LogP contribution in [0.4, 0.5) is 5.69 Å². The monoisotopic (exact) mass is 283 g/mol. The zero-order valence-corrected chi connectivity index (χ0v) is 12.3. The molecule has 1 saturated heterocycles. The zero-order valence-electron chi connectivity index (χ0n) is 11.5.